The van der Waals surface area contributed by atoms with E-state index in [9.17, 15) is 0 Å². The van der Waals surface area contributed by atoms with E-state index in [1.807, 2.05) is 0 Å². The number of likely N-dealkylation sites (tertiary alicyclic amines) is 1. The first-order valence-electron chi connectivity index (χ1n) is 4.71. The first-order valence-corrected chi connectivity index (χ1v) is 4.71. The van der Waals surface area contributed by atoms with Crippen LogP contribution >= 0.6 is 0 Å². The van der Waals surface area contributed by atoms with Crippen LogP contribution in [0.15, 0.2) is 0 Å². The molecule has 2 fully saturated rings. The van der Waals surface area contributed by atoms with Crippen molar-refractivity contribution in [3.05, 3.63) is 0 Å². The molecule has 0 spiro atoms. The molecule has 0 aromatic carbocycles. The van der Waals surface area contributed by atoms with Crippen molar-refractivity contribution in [3.63, 3.8) is 0 Å². The summed E-state index contributed by atoms with van der Waals surface area (Å²) in [5, 5.41) is 0. The van der Waals surface area contributed by atoms with Crippen LogP contribution in [0.4, 0.5) is 0 Å². The number of hydrogen-bond acceptors (Lipinski definition) is 2. The number of nitrogens with two attached hydrogens (primary N) is 1. The Bertz CT molecular complexity index is 156. The maximum Gasteiger partial charge on any atom is 0.0253 e. The van der Waals surface area contributed by atoms with Gasteiger partial charge in [-0.3, -0.25) is 4.90 Å². The molecule has 1 saturated heterocycles. The fourth-order valence-corrected chi connectivity index (χ4v) is 2.68. The molecule has 1 saturated carbocycles. The van der Waals surface area contributed by atoms with Crippen LogP contribution in [-0.4, -0.2) is 29.6 Å². The second-order valence-corrected chi connectivity index (χ2v) is 4.27. The molecule has 1 aliphatic carbocycles. The second-order valence-electron chi connectivity index (χ2n) is 4.27. The summed E-state index contributed by atoms with van der Waals surface area (Å²) in [5.74, 6) is 0.808. The molecule has 1 heterocycles. The average molecular weight is 154 g/mol. The van der Waals surface area contributed by atoms with Crippen LogP contribution in [0.2, 0.25) is 0 Å². The van der Waals surface area contributed by atoms with E-state index < -0.39 is 0 Å². The largest absolute Gasteiger partial charge is 0.326 e. The predicted octanol–water partition coefficient (Wildman–Crippen LogP) is 0.816. The van der Waals surface area contributed by atoms with Gasteiger partial charge < -0.3 is 5.73 Å². The van der Waals surface area contributed by atoms with Gasteiger partial charge >= 0.3 is 0 Å². The molecule has 1 unspecified atom stereocenters. The van der Waals surface area contributed by atoms with E-state index in [2.05, 4.69) is 18.7 Å². The first-order chi connectivity index (χ1) is 5.20. The van der Waals surface area contributed by atoms with E-state index in [0.717, 1.165) is 5.92 Å². The van der Waals surface area contributed by atoms with E-state index in [4.69, 9.17) is 5.73 Å². The highest BCUT2D eigenvalue weighted by molar-refractivity contribution is 5.02. The molecule has 2 heteroatoms. The van der Waals surface area contributed by atoms with Crippen LogP contribution < -0.4 is 5.73 Å². The van der Waals surface area contributed by atoms with Crippen molar-refractivity contribution in [1.29, 1.82) is 0 Å². The minimum Gasteiger partial charge on any atom is -0.326 e. The van der Waals surface area contributed by atoms with E-state index in [-0.39, 0.29) is 0 Å². The zero-order chi connectivity index (χ0) is 8.01. The van der Waals surface area contributed by atoms with Crippen LogP contribution in [0.3, 0.4) is 0 Å². The third-order valence-electron chi connectivity index (χ3n) is 3.36. The Hall–Kier alpha value is -0.0800. The average Bonchev–Trinajstić information content (AvgIpc) is 2.46. The van der Waals surface area contributed by atoms with Crippen LogP contribution in [0.5, 0.6) is 0 Å². The first kappa shape index (κ1) is 7.56. The monoisotopic (exact) mass is 154 g/mol. The molecule has 2 N–H and O–H groups in total. The van der Waals surface area contributed by atoms with Gasteiger partial charge in [0.1, 0.15) is 0 Å². The highest BCUT2D eigenvalue weighted by Gasteiger charge is 2.45. The highest BCUT2D eigenvalue weighted by Crippen LogP contribution is 2.37. The lowest BCUT2D eigenvalue weighted by atomic mass is 10.1. The number of rotatable bonds is 1. The third kappa shape index (κ3) is 1.00. The van der Waals surface area contributed by atoms with Crippen molar-refractivity contribution >= 4 is 0 Å². The molecule has 0 aromatic rings. The van der Waals surface area contributed by atoms with Gasteiger partial charge in [-0.05, 0) is 32.6 Å². The molecule has 2 aliphatic rings. The lowest BCUT2D eigenvalue weighted by Crippen LogP contribution is -2.41. The predicted molar refractivity (Wildman–Crippen MR) is 46.3 cm³/mol. The van der Waals surface area contributed by atoms with Crippen LogP contribution in [0.25, 0.3) is 0 Å². The molecule has 1 aliphatic heterocycles. The lowest BCUT2D eigenvalue weighted by Gasteiger charge is -2.30. The zero-order valence-electron chi connectivity index (χ0n) is 7.46. The summed E-state index contributed by atoms with van der Waals surface area (Å²) in [6, 6.07) is 1.88. The van der Waals surface area contributed by atoms with Gasteiger partial charge in [-0.1, -0.05) is 0 Å². The molecule has 2 nitrogen and oxygen atoms in total. The molecule has 0 amide bonds. The Labute approximate surface area is 68.7 Å². The minimum absolute atomic E-state index is 0.484. The van der Waals surface area contributed by atoms with Crippen LogP contribution in [-0.2, 0) is 0 Å². The van der Waals surface area contributed by atoms with Crippen molar-refractivity contribution in [2.45, 2.75) is 44.8 Å². The fraction of sp³-hybridized carbons (Fsp3) is 1.00. The van der Waals surface area contributed by atoms with Crippen molar-refractivity contribution in [3.8, 4) is 0 Å². The topological polar surface area (TPSA) is 29.3 Å². The van der Waals surface area contributed by atoms with Gasteiger partial charge in [0.25, 0.3) is 0 Å². The summed E-state index contributed by atoms with van der Waals surface area (Å²) in [7, 11) is 0. The Kier molecular flexibility index (Phi) is 1.69. The van der Waals surface area contributed by atoms with Gasteiger partial charge in [-0.15, -0.1) is 0 Å². The lowest BCUT2D eigenvalue weighted by molar-refractivity contribution is 0.168. The van der Waals surface area contributed by atoms with Gasteiger partial charge in [0.2, 0.25) is 0 Å². The quantitative estimate of drug-likeness (QED) is 0.606. The number of piperidine rings is 1. The fourth-order valence-electron chi connectivity index (χ4n) is 2.68. The molecule has 3 atom stereocenters. The summed E-state index contributed by atoms with van der Waals surface area (Å²) in [6.07, 6.45) is 2.71. The minimum atomic E-state index is 0.484. The Morgan fingerprint density at radius 2 is 2.09 bits per heavy atom. The second kappa shape index (κ2) is 2.46. The van der Waals surface area contributed by atoms with E-state index in [0.29, 0.717) is 18.1 Å². The Morgan fingerprint density at radius 3 is 2.36 bits per heavy atom. The molecular formula is C9H18N2. The molecule has 0 aromatic heterocycles. The molecular weight excluding hydrogens is 136 g/mol. The molecule has 2 rings (SSSR count). The SMILES string of the molecule is CC(C)N1CC2CC[C@@H]1[C@H]2N. The molecule has 0 radical (unpaired) electrons. The van der Waals surface area contributed by atoms with Crippen LogP contribution in [0, 0.1) is 5.92 Å². The van der Waals surface area contributed by atoms with Crippen molar-refractivity contribution in [2.75, 3.05) is 6.54 Å². The van der Waals surface area contributed by atoms with E-state index in [1.54, 1.807) is 0 Å². The Morgan fingerprint density at radius 1 is 1.36 bits per heavy atom. The number of nitrogens with zero attached hydrogens (tertiary/aromatic N) is 1. The van der Waals surface area contributed by atoms with Crippen molar-refractivity contribution < 1.29 is 0 Å². The Balaban J connectivity index is 2.09. The normalized spacial score (nSPS) is 44.2. The maximum atomic E-state index is 6.07. The highest BCUT2D eigenvalue weighted by atomic mass is 15.2. The molecule has 64 valence electrons. The van der Waals surface area contributed by atoms with Gasteiger partial charge in [0.05, 0.1) is 0 Å². The zero-order valence-corrected chi connectivity index (χ0v) is 7.46. The summed E-state index contributed by atoms with van der Waals surface area (Å²) < 4.78 is 0. The van der Waals surface area contributed by atoms with E-state index >= 15 is 0 Å². The third-order valence-corrected chi connectivity index (χ3v) is 3.36. The smallest absolute Gasteiger partial charge is 0.0253 e. The number of hydrogen-bond donors (Lipinski definition) is 1. The van der Waals surface area contributed by atoms with Crippen molar-refractivity contribution in [2.24, 2.45) is 11.7 Å². The van der Waals surface area contributed by atoms with Crippen molar-refractivity contribution in [1.82, 2.24) is 4.90 Å². The summed E-state index contributed by atoms with van der Waals surface area (Å²) in [5.41, 5.74) is 6.07. The van der Waals surface area contributed by atoms with Gasteiger partial charge in [0.15, 0.2) is 0 Å². The standard InChI is InChI=1S/C9H18N2/c1-6(2)11-5-7-3-4-8(11)9(7)10/h6-9H,3-5,10H2,1-2H3/t7?,8-,9+/m1/s1. The van der Waals surface area contributed by atoms with Gasteiger partial charge in [0, 0.05) is 24.7 Å². The van der Waals surface area contributed by atoms with Gasteiger partial charge in [-0.2, -0.15) is 0 Å². The van der Waals surface area contributed by atoms with Gasteiger partial charge in [-0.25, -0.2) is 0 Å². The summed E-state index contributed by atoms with van der Waals surface area (Å²) >= 11 is 0. The molecule has 11 heavy (non-hydrogen) atoms. The summed E-state index contributed by atoms with van der Waals surface area (Å²) in [4.78, 5) is 2.57. The molecule has 2 bridgehead atoms. The number of fused-ring (bicyclic) bond motifs is 2. The van der Waals surface area contributed by atoms with E-state index in [1.165, 1.54) is 19.4 Å². The summed E-state index contributed by atoms with van der Waals surface area (Å²) in [6.45, 7) is 5.80. The maximum absolute atomic E-state index is 6.07. The van der Waals surface area contributed by atoms with Crippen LogP contribution in [0.1, 0.15) is 26.7 Å².